The van der Waals surface area contributed by atoms with Gasteiger partial charge in [-0.05, 0) is 19.8 Å². The molecule has 0 aromatic rings. The molecule has 1 aliphatic rings. The van der Waals surface area contributed by atoms with E-state index in [4.69, 9.17) is 4.74 Å². The summed E-state index contributed by atoms with van der Waals surface area (Å²) in [5.41, 5.74) is 0. The summed E-state index contributed by atoms with van der Waals surface area (Å²) in [5.74, 6) is -0.702. The predicted octanol–water partition coefficient (Wildman–Crippen LogP) is 5.21. The van der Waals surface area contributed by atoms with Crippen molar-refractivity contribution in [2.45, 2.75) is 96.8 Å². The number of esters is 1. The first kappa shape index (κ1) is 19.2. The molecule has 0 aromatic carbocycles. The van der Waals surface area contributed by atoms with E-state index in [1.807, 2.05) is 0 Å². The van der Waals surface area contributed by atoms with E-state index in [1.54, 1.807) is 6.92 Å². The van der Waals surface area contributed by atoms with Crippen molar-refractivity contribution in [1.29, 1.82) is 0 Å². The minimum atomic E-state index is -0.507. The molecule has 1 atom stereocenters. The summed E-state index contributed by atoms with van der Waals surface area (Å²) in [6.45, 7) is 2.17. The molecule has 0 bridgehead atoms. The number of ketones is 1. The SMILES string of the molecule is CCOC(=O)C1CCCCCCCCCCCCCCC1=O. The molecule has 0 aromatic heterocycles. The third-order valence-electron chi connectivity index (χ3n) is 4.63. The van der Waals surface area contributed by atoms with Gasteiger partial charge in [0.25, 0.3) is 0 Å². The van der Waals surface area contributed by atoms with E-state index in [9.17, 15) is 9.59 Å². The highest BCUT2D eigenvalue weighted by molar-refractivity contribution is 5.98. The van der Waals surface area contributed by atoms with Crippen LogP contribution in [0.4, 0.5) is 0 Å². The third-order valence-corrected chi connectivity index (χ3v) is 4.63. The molecule has 0 amide bonds. The van der Waals surface area contributed by atoms with Gasteiger partial charge >= 0.3 is 5.97 Å². The Hall–Kier alpha value is -0.860. The highest BCUT2D eigenvalue weighted by Crippen LogP contribution is 2.19. The van der Waals surface area contributed by atoms with Crippen molar-refractivity contribution in [1.82, 2.24) is 0 Å². The Morgan fingerprint density at radius 3 is 1.82 bits per heavy atom. The molecule has 1 saturated carbocycles. The molecule has 1 rings (SSSR count). The second-order valence-electron chi connectivity index (χ2n) is 6.55. The van der Waals surface area contributed by atoms with Crippen LogP contribution in [0.3, 0.4) is 0 Å². The van der Waals surface area contributed by atoms with E-state index in [-0.39, 0.29) is 11.8 Å². The van der Waals surface area contributed by atoms with Crippen LogP contribution in [0.2, 0.25) is 0 Å². The number of hydrogen-bond acceptors (Lipinski definition) is 3. The maximum Gasteiger partial charge on any atom is 0.316 e. The van der Waals surface area contributed by atoms with Crippen molar-refractivity contribution in [3.63, 3.8) is 0 Å². The summed E-state index contributed by atoms with van der Waals surface area (Å²) in [6.07, 6.45) is 15.8. The number of carbonyl (C=O) groups excluding carboxylic acids is 2. The second-order valence-corrected chi connectivity index (χ2v) is 6.55. The number of ether oxygens (including phenoxy) is 1. The predicted molar refractivity (Wildman–Crippen MR) is 89.8 cm³/mol. The number of hydrogen-bond donors (Lipinski definition) is 0. The van der Waals surface area contributed by atoms with Gasteiger partial charge < -0.3 is 4.74 Å². The molecular formula is C19H34O3. The number of Topliss-reactive ketones (excluding diaryl/α,β-unsaturated/α-hetero) is 1. The molecule has 3 nitrogen and oxygen atoms in total. The molecule has 128 valence electrons. The van der Waals surface area contributed by atoms with E-state index in [0.717, 1.165) is 25.7 Å². The van der Waals surface area contributed by atoms with Gasteiger partial charge in [-0.3, -0.25) is 9.59 Å². The normalized spacial score (nSPS) is 23.9. The molecule has 0 heterocycles. The lowest BCUT2D eigenvalue weighted by Crippen LogP contribution is -2.26. The molecular weight excluding hydrogens is 276 g/mol. The first-order valence-electron chi connectivity index (χ1n) is 9.45. The molecule has 1 fully saturated rings. The fourth-order valence-electron chi connectivity index (χ4n) is 3.24. The van der Waals surface area contributed by atoms with Crippen LogP contribution in [-0.4, -0.2) is 18.4 Å². The van der Waals surface area contributed by atoms with E-state index in [1.165, 1.54) is 51.4 Å². The molecule has 0 saturated heterocycles. The maximum absolute atomic E-state index is 12.3. The van der Waals surface area contributed by atoms with Crippen LogP contribution in [0.25, 0.3) is 0 Å². The van der Waals surface area contributed by atoms with Gasteiger partial charge in [0.1, 0.15) is 11.7 Å². The Kier molecular flexibility index (Phi) is 11.0. The summed E-state index contributed by atoms with van der Waals surface area (Å²) in [7, 11) is 0. The van der Waals surface area contributed by atoms with Gasteiger partial charge in [-0.25, -0.2) is 0 Å². The molecule has 0 N–H and O–H groups in total. The van der Waals surface area contributed by atoms with Crippen LogP contribution < -0.4 is 0 Å². The van der Waals surface area contributed by atoms with Crippen molar-refractivity contribution < 1.29 is 14.3 Å². The zero-order valence-electron chi connectivity index (χ0n) is 14.4. The zero-order valence-corrected chi connectivity index (χ0v) is 14.4. The van der Waals surface area contributed by atoms with Gasteiger partial charge in [0.05, 0.1) is 6.61 Å². The maximum atomic E-state index is 12.3. The average molecular weight is 310 g/mol. The van der Waals surface area contributed by atoms with Gasteiger partial charge in [0.2, 0.25) is 0 Å². The van der Waals surface area contributed by atoms with Crippen LogP contribution in [0.5, 0.6) is 0 Å². The molecule has 1 aliphatic carbocycles. The van der Waals surface area contributed by atoms with E-state index in [0.29, 0.717) is 19.4 Å². The molecule has 0 radical (unpaired) electrons. The van der Waals surface area contributed by atoms with E-state index < -0.39 is 5.92 Å². The lowest BCUT2D eigenvalue weighted by atomic mass is 9.92. The lowest BCUT2D eigenvalue weighted by molar-refractivity contribution is -0.152. The highest BCUT2D eigenvalue weighted by atomic mass is 16.5. The molecule has 1 unspecified atom stereocenters. The second kappa shape index (κ2) is 12.7. The van der Waals surface area contributed by atoms with Crippen molar-refractivity contribution in [2.75, 3.05) is 6.61 Å². The Morgan fingerprint density at radius 1 is 0.864 bits per heavy atom. The van der Waals surface area contributed by atoms with Gasteiger partial charge in [-0.15, -0.1) is 0 Å². The summed E-state index contributed by atoms with van der Waals surface area (Å²) in [5, 5.41) is 0. The fourth-order valence-corrected chi connectivity index (χ4v) is 3.24. The summed E-state index contributed by atoms with van der Waals surface area (Å²) in [4.78, 5) is 24.3. The van der Waals surface area contributed by atoms with Crippen LogP contribution >= 0.6 is 0 Å². The fraction of sp³-hybridized carbons (Fsp3) is 0.895. The smallest absolute Gasteiger partial charge is 0.316 e. The monoisotopic (exact) mass is 310 g/mol. The summed E-state index contributed by atoms with van der Waals surface area (Å²) < 4.78 is 5.10. The topological polar surface area (TPSA) is 43.4 Å². The zero-order chi connectivity index (χ0) is 16.0. The van der Waals surface area contributed by atoms with Gasteiger partial charge in [-0.2, -0.15) is 0 Å². The molecule has 0 spiro atoms. The van der Waals surface area contributed by atoms with E-state index in [2.05, 4.69) is 0 Å². The Balaban J connectivity index is 2.47. The van der Waals surface area contributed by atoms with E-state index >= 15 is 0 Å². The van der Waals surface area contributed by atoms with Crippen molar-refractivity contribution in [2.24, 2.45) is 5.92 Å². The molecule has 22 heavy (non-hydrogen) atoms. The molecule has 0 aliphatic heterocycles. The Bertz CT molecular complexity index is 312. The lowest BCUT2D eigenvalue weighted by Gasteiger charge is -2.15. The highest BCUT2D eigenvalue weighted by Gasteiger charge is 2.26. The van der Waals surface area contributed by atoms with Crippen molar-refractivity contribution in [3.05, 3.63) is 0 Å². The summed E-state index contributed by atoms with van der Waals surface area (Å²) in [6, 6.07) is 0. The number of carbonyl (C=O) groups is 2. The van der Waals surface area contributed by atoms with Gasteiger partial charge in [0.15, 0.2) is 0 Å². The van der Waals surface area contributed by atoms with Crippen LogP contribution in [0.15, 0.2) is 0 Å². The Morgan fingerprint density at radius 2 is 1.32 bits per heavy atom. The largest absolute Gasteiger partial charge is 0.465 e. The average Bonchev–Trinajstić information content (AvgIpc) is 2.50. The summed E-state index contributed by atoms with van der Waals surface area (Å²) >= 11 is 0. The molecule has 3 heteroatoms. The van der Waals surface area contributed by atoms with Gasteiger partial charge in [-0.1, -0.05) is 70.6 Å². The van der Waals surface area contributed by atoms with Crippen molar-refractivity contribution in [3.8, 4) is 0 Å². The van der Waals surface area contributed by atoms with Crippen LogP contribution in [-0.2, 0) is 14.3 Å². The van der Waals surface area contributed by atoms with Crippen molar-refractivity contribution >= 4 is 11.8 Å². The first-order valence-corrected chi connectivity index (χ1v) is 9.45. The van der Waals surface area contributed by atoms with Gasteiger partial charge in [0, 0.05) is 6.42 Å². The van der Waals surface area contributed by atoms with Crippen LogP contribution in [0, 0.1) is 5.92 Å². The quantitative estimate of drug-likeness (QED) is 0.519. The standard InChI is InChI=1S/C19H34O3/c1-2-22-19(21)17-15-13-11-9-7-5-3-4-6-8-10-12-14-16-18(17)20/h17H,2-16H2,1H3. The number of rotatable bonds is 2. The first-order chi connectivity index (χ1) is 10.8. The third kappa shape index (κ3) is 8.55. The minimum absolute atomic E-state index is 0.102. The van der Waals surface area contributed by atoms with Crippen LogP contribution in [0.1, 0.15) is 96.8 Å². The Labute approximate surface area is 136 Å². The minimum Gasteiger partial charge on any atom is -0.465 e.